The second kappa shape index (κ2) is 10.3. The topological polar surface area (TPSA) is 84.2 Å². The van der Waals surface area contributed by atoms with Crippen molar-refractivity contribution in [3.05, 3.63) is 52.4 Å². The van der Waals surface area contributed by atoms with Crippen molar-refractivity contribution in [3.63, 3.8) is 0 Å². The van der Waals surface area contributed by atoms with Gasteiger partial charge in [-0.2, -0.15) is 0 Å². The lowest BCUT2D eigenvalue weighted by atomic mass is 10.0. The molecule has 1 aromatic heterocycles. The molecule has 142 valence electrons. The first-order chi connectivity index (χ1) is 11.9. The summed E-state index contributed by atoms with van der Waals surface area (Å²) in [6.45, 7) is 7.21. The Balaban J connectivity index is 0.00000338. The first-order valence-electron chi connectivity index (χ1n) is 8.39. The molecule has 7 heteroatoms. The molecule has 1 unspecified atom stereocenters. The fourth-order valence-electron chi connectivity index (χ4n) is 2.23. The molecule has 5 nitrogen and oxygen atoms in total. The van der Waals surface area contributed by atoms with Crippen LogP contribution in [0, 0.1) is 5.92 Å². The Morgan fingerprint density at radius 1 is 1.08 bits per heavy atom. The summed E-state index contributed by atoms with van der Waals surface area (Å²) in [6.07, 6.45) is 0. The molecule has 0 aliphatic rings. The molecule has 1 aromatic carbocycles. The van der Waals surface area contributed by atoms with Gasteiger partial charge in [-0.05, 0) is 47.5 Å². The van der Waals surface area contributed by atoms with Gasteiger partial charge in [-0.25, -0.2) is 0 Å². The number of halogens is 1. The smallest absolute Gasteiger partial charge is 0.256 e. The van der Waals surface area contributed by atoms with Crippen molar-refractivity contribution in [2.24, 2.45) is 11.7 Å². The number of amides is 2. The van der Waals surface area contributed by atoms with Crippen LogP contribution >= 0.6 is 23.7 Å². The summed E-state index contributed by atoms with van der Waals surface area (Å²) in [6, 6.07) is 9.23. The number of thiophene rings is 1. The van der Waals surface area contributed by atoms with E-state index in [1.807, 2.05) is 19.1 Å². The van der Waals surface area contributed by atoms with Crippen LogP contribution in [0.1, 0.15) is 53.0 Å². The van der Waals surface area contributed by atoms with Crippen molar-refractivity contribution >= 4 is 40.6 Å². The molecule has 26 heavy (non-hydrogen) atoms. The maximum Gasteiger partial charge on any atom is 0.256 e. The molecule has 4 N–H and O–H groups in total. The van der Waals surface area contributed by atoms with Crippen molar-refractivity contribution < 1.29 is 9.59 Å². The van der Waals surface area contributed by atoms with Gasteiger partial charge in [0.1, 0.15) is 5.00 Å². The third-order valence-electron chi connectivity index (χ3n) is 3.99. The lowest BCUT2D eigenvalue weighted by Crippen LogP contribution is -2.31. The van der Waals surface area contributed by atoms with E-state index < -0.39 is 0 Å². The van der Waals surface area contributed by atoms with Crippen molar-refractivity contribution in [3.8, 4) is 0 Å². The molecule has 0 saturated heterocycles. The second-order valence-electron chi connectivity index (χ2n) is 6.45. The highest BCUT2D eigenvalue weighted by Crippen LogP contribution is 2.24. The normalized spacial score (nSPS) is 11.6. The molecule has 2 rings (SSSR count). The van der Waals surface area contributed by atoms with Crippen LogP contribution in [-0.2, 0) is 0 Å². The number of carbonyl (C=O) groups excluding carboxylic acids is 2. The van der Waals surface area contributed by atoms with E-state index in [-0.39, 0.29) is 30.1 Å². The Labute approximate surface area is 164 Å². The van der Waals surface area contributed by atoms with E-state index in [1.54, 1.807) is 23.6 Å². The quantitative estimate of drug-likeness (QED) is 0.665. The molecule has 0 bridgehead atoms. The first-order valence-corrected chi connectivity index (χ1v) is 9.27. The lowest BCUT2D eigenvalue weighted by Gasteiger charge is -2.11. The van der Waals surface area contributed by atoms with Crippen LogP contribution in [0.2, 0.25) is 0 Å². The Kier molecular flexibility index (Phi) is 8.78. The summed E-state index contributed by atoms with van der Waals surface area (Å²) in [5.74, 6) is 0.204. The van der Waals surface area contributed by atoms with Gasteiger partial charge in [0.25, 0.3) is 11.8 Å². The molecule has 1 heterocycles. The molecule has 1 atom stereocenters. The van der Waals surface area contributed by atoms with E-state index in [0.29, 0.717) is 35.1 Å². The van der Waals surface area contributed by atoms with Crippen LogP contribution in [0.15, 0.2) is 35.7 Å². The molecule has 0 fully saturated rings. The van der Waals surface area contributed by atoms with Gasteiger partial charge in [0.15, 0.2) is 0 Å². The van der Waals surface area contributed by atoms with Crippen LogP contribution in [0.5, 0.6) is 0 Å². The number of carbonyl (C=O) groups is 2. The zero-order valence-corrected chi connectivity index (χ0v) is 16.9. The van der Waals surface area contributed by atoms with Gasteiger partial charge in [-0.3, -0.25) is 9.59 Å². The minimum absolute atomic E-state index is 0. The first kappa shape index (κ1) is 22.2. The maximum absolute atomic E-state index is 12.4. The number of hydrogen-bond acceptors (Lipinski definition) is 4. The van der Waals surface area contributed by atoms with E-state index >= 15 is 0 Å². The van der Waals surface area contributed by atoms with E-state index in [4.69, 9.17) is 5.73 Å². The summed E-state index contributed by atoms with van der Waals surface area (Å²) < 4.78 is 0. The van der Waals surface area contributed by atoms with E-state index in [9.17, 15) is 9.59 Å². The van der Waals surface area contributed by atoms with Gasteiger partial charge >= 0.3 is 0 Å². The van der Waals surface area contributed by atoms with Crippen molar-refractivity contribution in [2.75, 3.05) is 18.4 Å². The summed E-state index contributed by atoms with van der Waals surface area (Å²) in [5, 5.41) is 8.02. The summed E-state index contributed by atoms with van der Waals surface area (Å²) in [4.78, 5) is 24.7. The van der Waals surface area contributed by atoms with Gasteiger partial charge < -0.3 is 16.4 Å². The SMILES string of the molecule is CC(CN)CNC(=O)c1ccsc1NC(=O)c1ccc(C(C)C)cc1.Cl. The largest absolute Gasteiger partial charge is 0.352 e. The highest BCUT2D eigenvalue weighted by Gasteiger charge is 2.16. The average Bonchev–Trinajstić information content (AvgIpc) is 3.07. The number of hydrogen-bond donors (Lipinski definition) is 3. The van der Waals surface area contributed by atoms with E-state index in [0.717, 1.165) is 0 Å². The maximum atomic E-state index is 12.4. The molecule has 0 spiro atoms. The van der Waals surface area contributed by atoms with Gasteiger partial charge in [-0.15, -0.1) is 23.7 Å². The lowest BCUT2D eigenvalue weighted by molar-refractivity contribution is 0.0950. The van der Waals surface area contributed by atoms with Crippen LogP contribution in [0.3, 0.4) is 0 Å². The molecular weight excluding hydrogens is 370 g/mol. The Hall–Kier alpha value is -1.89. The van der Waals surface area contributed by atoms with Crippen LogP contribution in [0.4, 0.5) is 5.00 Å². The highest BCUT2D eigenvalue weighted by molar-refractivity contribution is 7.14. The number of benzene rings is 1. The molecule has 2 amide bonds. The van der Waals surface area contributed by atoms with Crippen LogP contribution in [0.25, 0.3) is 0 Å². The van der Waals surface area contributed by atoms with Crippen molar-refractivity contribution in [1.29, 1.82) is 0 Å². The molecule has 0 radical (unpaired) electrons. The number of rotatable bonds is 7. The minimum Gasteiger partial charge on any atom is -0.352 e. The van der Waals surface area contributed by atoms with E-state index in [1.165, 1.54) is 16.9 Å². The number of nitrogens with two attached hydrogens (primary N) is 1. The molecule has 2 aromatic rings. The summed E-state index contributed by atoms with van der Waals surface area (Å²) >= 11 is 1.33. The zero-order valence-electron chi connectivity index (χ0n) is 15.2. The fraction of sp³-hybridized carbons (Fsp3) is 0.368. The van der Waals surface area contributed by atoms with Crippen molar-refractivity contribution in [2.45, 2.75) is 26.7 Å². The Morgan fingerprint density at radius 3 is 2.31 bits per heavy atom. The zero-order chi connectivity index (χ0) is 18.4. The fourth-order valence-corrected chi connectivity index (χ4v) is 3.00. The molecule has 0 saturated carbocycles. The summed E-state index contributed by atoms with van der Waals surface area (Å²) in [5.41, 5.74) is 7.79. The Bertz CT molecular complexity index is 729. The molecular formula is C19H26ClN3O2S. The predicted molar refractivity (Wildman–Crippen MR) is 111 cm³/mol. The summed E-state index contributed by atoms with van der Waals surface area (Å²) in [7, 11) is 0. The monoisotopic (exact) mass is 395 g/mol. The minimum atomic E-state index is -0.220. The van der Waals surface area contributed by atoms with Crippen LogP contribution in [-0.4, -0.2) is 24.9 Å². The second-order valence-corrected chi connectivity index (χ2v) is 7.36. The van der Waals surface area contributed by atoms with E-state index in [2.05, 4.69) is 24.5 Å². The number of anilines is 1. The molecule has 0 aliphatic heterocycles. The number of nitrogens with one attached hydrogen (secondary N) is 2. The van der Waals surface area contributed by atoms with Gasteiger partial charge in [0.2, 0.25) is 0 Å². The third kappa shape index (κ3) is 5.83. The van der Waals surface area contributed by atoms with Gasteiger partial charge in [0, 0.05) is 12.1 Å². The van der Waals surface area contributed by atoms with Crippen molar-refractivity contribution in [1.82, 2.24) is 5.32 Å². The Morgan fingerprint density at radius 2 is 1.73 bits per heavy atom. The van der Waals surface area contributed by atoms with Crippen LogP contribution < -0.4 is 16.4 Å². The van der Waals surface area contributed by atoms with Gasteiger partial charge in [-0.1, -0.05) is 32.9 Å². The third-order valence-corrected chi connectivity index (χ3v) is 4.82. The predicted octanol–water partition coefficient (Wildman–Crippen LogP) is 3.87. The van der Waals surface area contributed by atoms with Gasteiger partial charge in [0.05, 0.1) is 5.56 Å². The molecule has 0 aliphatic carbocycles. The highest BCUT2D eigenvalue weighted by atomic mass is 35.5. The standard InChI is InChI=1S/C19H25N3O2S.ClH/c1-12(2)14-4-6-15(7-5-14)17(23)22-19-16(8-9-25-19)18(24)21-11-13(3)10-20;/h4-9,12-13H,10-11,20H2,1-3H3,(H,21,24)(H,22,23);1H. The average molecular weight is 396 g/mol.